The van der Waals surface area contributed by atoms with Gasteiger partial charge in [-0.1, -0.05) is 53.6 Å². The molecule has 0 heterocycles. The SMILES string of the molecule is Cc1ccc(CNC(=O)NC(c2ccc(Cl)cc2)C2CC2)cc1. The van der Waals surface area contributed by atoms with Gasteiger partial charge < -0.3 is 10.6 Å². The topological polar surface area (TPSA) is 41.1 Å². The molecule has 4 heteroatoms. The molecule has 1 fully saturated rings. The minimum absolute atomic E-state index is 0.0604. The second kappa shape index (κ2) is 7.05. The van der Waals surface area contributed by atoms with E-state index in [1.807, 2.05) is 36.4 Å². The highest BCUT2D eigenvalue weighted by molar-refractivity contribution is 6.30. The zero-order chi connectivity index (χ0) is 16.2. The number of benzene rings is 2. The van der Waals surface area contributed by atoms with Gasteiger partial charge in [0, 0.05) is 11.6 Å². The summed E-state index contributed by atoms with van der Waals surface area (Å²) >= 11 is 5.95. The Labute approximate surface area is 142 Å². The Hall–Kier alpha value is -2.00. The lowest BCUT2D eigenvalue weighted by atomic mass is 10.0. The summed E-state index contributed by atoms with van der Waals surface area (Å²) in [7, 11) is 0. The highest BCUT2D eigenvalue weighted by atomic mass is 35.5. The van der Waals surface area contributed by atoms with E-state index >= 15 is 0 Å². The van der Waals surface area contributed by atoms with Crippen LogP contribution in [0.3, 0.4) is 0 Å². The molecule has 1 aliphatic carbocycles. The number of hydrogen-bond donors (Lipinski definition) is 2. The first kappa shape index (κ1) is 15.9. The summed E-state index contributed by atoms with van der Waals surface area (Å²) in [4.78, 5) is 12.2. The molecule has 3 rings (SSSR count). The second-order valence-corrected chi connectivity index (χ2v) is 6.62. The first-order valence-corrected chi connectivity index (χ1v) is 8.35. The number of urea groups is 1. The molecule has 0 radical (unpaired) electrons. The van der Waals surface area contributed by atoms with E-state index in [1.165, 1.54) is 5.56 Å². The fraction of sp³-hybridized carbons (Fsp3) is 0.316. The van der Waals surface area contributed by atoms with Crippen LogP contribution in [0.2, 0.25) is 5.02 Å². The summed E-state index contributed by atoms with van der Waals surface area (Å²) in [5.41, 5.74) is 3.43. The van der Waals surface area contributed by atoms with Crippen LogP contribution in [-0.4, -0.2) is 6.03 Å². The predicted molar refractivity (Wildman–Crippen MR) is 93.5 cm³/mol. The molecular formula is C19H21ClN2O. The van der Waals surface area contributed by atoms with Crippen molar-refractivity contribution >= 4 is 17.6 Å². The number of nitrogens with one attached hydrogen (secondary N) is 2. The van der Waals surface area contributed by atoms with Crippen molar-refractivity contribution in [2.75, 3.05) is 0 Å². The smallest absolute Gasteiger partial charge is 0.315 e. The maximum Gasteiger partial charge on any atom is 0.315 e. The maximum atomic E-state index is 12.2. The third-order valence-corrected chi connectivity index (χ3v) is 4.43. The molecule has 120 valence electrons. The van der Waals surface area contributed by atoms with Crippen molar-refractivity contribution < 1.29 is 4.79 Å². The van der Waals surface area contributed by atoms with Crippen LogP contribution in [0.4, 0.5) is 4.79 Å². The Morgan fingerprint density at radius 1 is 1.13 bits per heavy atom. The van der Waals surface area contributed by atoms with E-state index < -0.39 is 0 Å². The van der Waals surface area contributed by atoms with E-state index in [1.54, 1.807) is 0 Å². The predicted octanol–water partition coefficient (Wildman–Crippen LogP) is 4.60. The lowest BCUT2D eigenvalue weighted by Crippen LogP contribution is -2.38. The van der Waals surface area contributed by atoms with E-state index in [0.717, 1.165) is 24.0 Å². The summed E-state index contributed by atoms with van der Waals surface area (Å²) in [6, 6.07) is 15.8. The summed E-state index contributed by atoms with van der Waals surface area (Å²) in [6.45, 7) is 2.58. The van der Waals surface area contributed by atoms with Crippen molar-refractivity contribution in [1.29, 1.82) is 0 Å². The van der Waals surface area contributed by atoms with Gasteiger partial charge in [0.1, 0.15) is 0 Å². The van der Waals surface area contributed by atoms with Gasteiger partial charge in [-0.05, 0) is 48.9 Å². The molecule has 0 spiro atoms. The zero-order valence-electron chi connectivity index (χ0n) is 13.2. The van der Waals surface area contributed by atoms with Crippen LogP contribution in [0.1, 0.15) is 35.6 Å². The molecule has 1 saturated carbocycles. The van der Waals surface area contributed by atoms with Gasteiger partial charge in [0.2, 0.25) is 0 Å². The highest BCUT2D eigenvalue weighted by Gasteiger charge is 2.33. The Bertz CT molecular complexity index is 663. The minimum Gasteiger partial charge on any atom is -0.334 e. The van der Waals surface area contributed by atoms with Gasteiger partial charge in [-0.2, -0.15) is 0 Å². The van der Waals surface area contributed by atoms with Crippen LogP contribution < -0.4 is 10.6 Å². The van der Waals surface area contributed by atoms with E-state index in [9.17, 15) is 4.79 Å². The number of amides is 2. The Balaban J connectivity index is 1.58. The minimum atomic E-state index is -0.127. The van der Waals surface area contributed by atoms with Crippen LogP contribution in [0.5, 0.6) is 0 Å². The largest absolute Gasteiger partial charge is 0.334 e. The summed E-state index contributed by atoms with van der Waals surface area (Å²) in [5, 5.41) is 6.75. The number of carbonyl (C=O) groups is 1. The molecule has 0 aromatic heterocycles. The van der Waals surface area contributed by atoms with Gasteiger partial charge >= 0.3 is 6.03 Å². The first-order chi connectivity index (χ1) is 11.1. The molecule has 2 aromatic rings. The van der Waals surface area contributed by atoms with Gasteiger partial charge in [-0.15, -0.1) is 0 Å². The first-order valence-electron chi connectivity index (χ1n) is 7.97. The molecule has 1 aliphatic rings. The molecule has 2 aromatic carbocycles. The van der Waals surface area contributed by atoms with Gasteiger partial charge in [-0.3, -0.25) is 0 Å². The van der Waals surface area contributed by atoms with Crippen molar-refractivity contribution in [2.24, 2.45) is 5.92 Å². The summed E-state index contributed by atoms with van der Waals surface area (Å²) in [6.07, 6.45) is 2.32. The molecule has 2 amide bonds. The molecule has 3 nitrogen and oxygen atoms in total. The highest BCUT2D eigenvalue weighted by Crippen LogP contribution is 2.41. The van der Waals surface area contributed by atoms with Crippen molar-refractivity contribution in [1.82, 2.24) is 10.6 Å². The monoisotopic (exact) mass is 328 g/mol. The van der Waals surface area contributed by atoms with E-state index in [2.05, 4.69) is 29.7 Å². The molecular weight excluding hydrogens is 308 g/mol. The van der Waals surface area contributed by atoms with Crippen LogP contribution in [-0.2, 0) is 6.54 Å². The van der Waals surface area contributed by atoms with E-state index in [-0.39, 0.29) is 12.1 Å². The maximum absolute atomic E-state index is 12.2. The Kier molecular flexibility index (Phi) is 4.87. The number of aryl methyl sites for hydroxylation is 1. The van der Waals surface area contributed by atoms with E-state index in [0.29, 0.717) is 17.5 Å². The fourth-order valence-corrected chi connectivity index (χ4v) is 2.78. The molecule has 23 heavy (non-hydrogen) atoms. The normalized spacial score (nSPS) is 15.0. The van der Waals surface area contributed by atoms with Crippen molar-refractivity contribution in [3.63, 3.8) is 0 Å². The van der Waals surface area contributed by atoms with Gasteiger partial charge in [0.25, 0.3) is 0 Å². The lowest BCUT2D eigenvalue weighted by Gasteiger charge is -2.19. The molecule has 0 aliphatic heterocycles. The average Bonchev–Trinajstić information content (AvgIpc) is 3.38. The van der Waals surface area contributed by atoms with Crippen LogP contribution in [0, 0.1) is 12.8 Å². The zero-order valence-corrected chi connectivity index (χ0v) is 13.9. The molecule has 2 N–H and O–H groups in total. The molecule has 1 unspecified atom stereocenters. The van der Waals surface area contributed by atoms with Crippen LogP contribution >= 0.6 is 11.6 Å². The van der Waals surface area contributed by atoms with Crippen molar-refractivity contribution in [3.8, 4) is 0 Å². The Morgan fingerprint density at radius 3 is 2.39 bits per heavy atom. The Morgan fingerprint density at radius 2 is 1.78 bits per heavy atom. The van der Waals surface area contributed by atoms with Crippen LogP contribution in [0.15, 0.2) is 48.5 Å². The second-order valence-electron chi connectivity index (χ2n) is 6.18. The average molecular weight is 329 g/mol. The van der Waals surface area contributed by atoms with Crippen molar-refractivity contribution in [3.05, 3.63) is 70.2 Å². The number of hydrogen-bond acceptors (Lipinski definition) is 1. The van der Waals surface area contributed by atoms with E-state index in [4.69, 9.17) is 11.6 Å². The quantitative estimate of drug-likeness (QED) is 0.827. The standard InChI is InChI=1S/C19H21ClN2O/c1-13-2-4-14(5-3-13)12-21-19(23)22-18(15-6-7-15)16-8-10-17(20)11-9-16/h2-5,8-11,15,18H,6-7,12H2,1H3,(H2,21,22,23). The third kappa shape index (κ3) is 4.49. The molecule has 1 atom stereocenters. The fourth-order valence-electron chi connectivity index (χ4n) is 2.65. The summed E-state index contributed by atoms with van der Waals surface area (Å²) in [5.74, 6) is 0.529. The number of halogens is 1. The third-order valence-electron chi connectivity index (χ3n) is 4.18. The number of carbonyl (C=O) groups excluding carboxylic acids is 1. The van der Waals surface area contributed by atoms with Crippen molar-refractivity contribution in [2.45, 2.75) is 32.4 Å². The van der Waals surface area contributed by atoms with Gasteiger partial charge in [-0.25, -0.2) is 4.79 Å². The lowest BCUT2D eigenvalue weighted by molar-refractivity contribution is 0.235. The number of rotatable bonds is 5. The van der Waals surface area contributed by atoms with Crippen LogP contribution in [0.25, 0.3) is 0 Å². The molecule has 0 saturated heterocycles. The van der Waals surface area contributed by atoms with Gasteiger partial charge in [0.15, 0.2) is 0 Å². The molecule has 0 bridgehead atoms. The van der Waals surface area contributed by atoms with Gasteiger partial charge in [0.05, 0.1) is 6.04 Å². The summed E-state index contributed by atoms with van der Waals surface area (Å²) < 4.78 is 0.